The molecule has 72 valence electrons. The average molecular weight is 234 g/mol. The van der Waals surface area contributed by atoms with E-state index in [-0.39, 0.29) is 6.09 Å². The Hall–Kier alpha value is -0.187. The van der Waals surface area contributed by atoms with Crippen LogP contribution in [0.25, 0.3) is 0 Å². The van der Waals surface area contributed by atoms with Crippen LogP contribution in [0, 0.1) is 0 Å². The second-order valence-electron chi connectivity index (χ2n) is 3.65. The molecule has 3 nitrogen and oxygen atoms in total. The van der Waals surface area contributed by atoms with Crippen LogP contribution in [0.15, 0.2) is 0 Å². The summed E-state index contributed by atoms with van der Waals surface area (Å²) in [7, 11) is 0. The molecule has 0 aliphatic carbocycles. The predicted octanol–water partition coefficient (Wildman–Crippen LogP) is 2.30. The molecule has 12 heavy (non-hydrogen) atoms. The first-order chi connectivity index (χ1) is 5.40. The van der Waals surface area contributed by atoms with Crippen LogP contribution < -0.4 is 0 Å². The van der Waals surface area contributed by atoms with Gasteiger partial charge in [-0.1, -0.05) is 0 Å². The molecule has 0 N–H and O–H groups in total. The molecule has 0 aliphatic rings. The molecule has 0 unspecified atom stereocenters. The minimum atomic E-state index is -2.17. The zero-order valence-corrected chi connectivity index (χ0v) is 10.8. The van der Waals surface area contributed by atoms with Crippen LogP contribution in [0.3, 0.4) is 0 Å². The molecule has 0 saturated heterocycles. The van der Waals surface area contributed by atoms with Crippen LogP contribution in [0.2, 0.25) is 17.3 Å². The summed E-state index contributed by atoms with van der Waals surface area (Å²) in [6.07, 6.45) is -0.146. The van der Waals surface area contributed by atoms with Crippen molar-refractivity contribution in [1.29, 1.82) is 0 Å². The first-order valence-corrected chi connectivity index (χ1v) is 11.5. The average Bonchev–Trinajstić information content (AvgIpc) is 1.85. The maximum atomic E-state index is 11.4. The Morgan fingerprint density at radius 2 is 1.67 bits per heavy atom. The summed E-state index contributed by atoms with van der Waals surface area (Å²) in [6, 6.07) is 0. The number of nitrogens with zero attached hydrogens (tertiary/aromatic N) is 1. The summed E-state index contributed by atoms with van der Waals surface area (Å²) < 4.78 is 5.36. The van der Waals surface area contributed by atoms with Crippen molar-refractivity contribution >= 4 is 19.7 Å². The van der Waals surface area contributed by atoms with E-state index >= 15 is 0 Å². The zero-order chi connectivity index (χ0) is 9.78. The van der Waals surface area contributed by atoms with Gasteiger partial charge in [-0.2, -0.15) is 0 Å². The first kappa shape index (κ1) is 11.8. The topological polar surface area (TPSA) is 29.5 Å². The third-order valence-corrected chi connectivity index (χ3v) is 3.07. The van der Waals surface area contributed by atoms with Gasteiger partial charge in [0.25, 0.3) is 0 Å². The van der Waals surface area contributed by atoms with Gasteiger partial charge in [0.2, 0.25) is 0 Å². The van der Waals surface area contributed by atoms with E-state index in [4.69, 9.17) is 3.76 Å². The summed E-state index contributed by atoms with van der Waals surface area (Å²) in [5, 5.41) is 0. The third kappa shape index (κ3) is 4.64. The van der Waals surface area contributed by atoms with Crippen LogP contribution in [0.4, 0.5) is 4.79 Å². The van der Waals surface area contributed by atoms with Gasteiger partial charge >= 0.3 is 77.4 Å². The quantitative estimate of drug-likeness (QED) is 0.701. The third-order valence-electron chi connectivity index (χ3n) is 1.42. The van der Waals surface area contributed by atoms with E-state index < -0.39 is 13.6 Å². The Morgan fingerprint density at radius 1 is 1.25 bits per heavy atom. The summed E-state index contributed by atoms with van der Waals surface area (Å²) in [5.41, 5.74) is 0. The molecule has 0 bridgehead atoms. The molecule has 0 aromatic heterocycles. The molecule has 0 fully saturated rings. The van der Waals surface area contributed by atoms with Crippen molar-refractivity contribution in [3.63, 3.8) is 0 Å². The monoisotopic (exact) mass is 235 g/mol. The number of hydrogen-bond donors (Lipinski definition) is 0. The van der Waals surface area contributed by atoms with Crippen molar-refractivity contribution in [1.82, 2.24) is 4.90 Å². The van der Waals surface area contributed by atoms with Crippen molar-refractivity contribution in [2.75, 3.05) is 13.1 Å². The van der Waals surface area contributed by atoms with Gasteiger partial charge in [0.05, 0.1) is 0 Å². The molecular weight excluding hydrogens is 215 g/mol. The number of hydrogen-bond acceptors (Lipinski definition) is 2. The Labute approximate surface area is 77.8 Å². The van der Waals surface area contributed by atoms with Gasteiger partial charge in [-0.3, -0.25) is 0 Å². The molecule has 0 aromatic carbocycles. The molecule has 0 atom stereocenters. The van der Waals surface area contributed by atoms with Crippen LogP contribution in [-0.2, 0) is 3.76 Å². The molecule has 0 heterocycles. The van der Waals surface area contributed by atoms with Gasteiger partial charge in [0.15, 0.2) is 0 Å². The number of carbonyl (C=O) groups excluding carboxylic acids is 1. The fourth-order valence-electron chi connectivity index (χ4n) is 0.808. The Kier molecular flexibility index (Phi) is 4.67. The van der Waals surface area contributed by atoms with E-state index in [0.29, 0.717) is 0 Å². The standard InChI is InChI=1S/C8H19GeNO2/c1-6-10(7-2)8(11)12-9(3,4)5/h6-7H2,1-5H3. The SMILES string of the molecule is CCN(CC)C(=O)[O][Ge]([CH3])([CH3])[CH3]. The van der Waals surface area contributed by atoms with Gasteiger partial charge in [-0.15, -0.1) is 0 Å². The van der Waals surface area contributed by atoms with Crippen molar-refractivity contribution < 1.29 is 8.56 Å². The normalized spacial score (nSPS) is 11.1. The Morgan fingerprint density at radius 3 is 1.92 bits per heavy atom. The van der Waals surface area contributed by atoms with E-state index in [2.05, 4.69) is 17.3 Å². The molecule has 1 amide bonds. The van der Waals surface area contributed by atoms with E-state index in [1.54, 1.807) is 4.90 Å². The second-order valence-corrected chi connectivity index (χ2v) is 12.9. The number of amides is 1. The molecule has 0 aromatic rings. The number of rotatable bonds is 3. The van der Waals surface area contributed by atoms with Crippen LogP contribution in [0.1, 0.15) is 13.8 Å². The number of carbonyl (C=O) groups is 1. The molecule has 0 saturated carbocycles. The van der Waals surface area contributed by atoms with Crippen molar-refractivity contribution in [3.05, 3.63) is 0 Å². The van der Waals surface area contributed by atoms with Gasteiger partial charge in [-0.05, 0) is 0 Å². The maximum absolute atomic E-state index is 11.4. The fourth-order valence-corrected chi connectivity index (χ4v) is 2.18. The van der Waals surface area contributed by atoms with Crippen LogP contribution in [0.5, 0.6) is 0 Å². The molecule has 0 spiro atoms. The van der Waals surface area contributed by atoms with Gasteiger partial charge in [-0.25, -0.2) is 0 Å². The van der Waals surface area contributed by atoms with Gasteiger partial charge in [0, 0.05) is 0 Å². The Balaban J connectivity index is 4.02. The Bertz CT molecular complexity index is 150. The van der Waals surface area contributed by atoms with Crippen molar-refractivity contribution in [2.45, 2.75) is 31.1 Å². The molecule has 0 rings (SSSR count). The predicted molar refractivity (Wildman–Crippen MR) is 52.7 cm³/mol. The van der Waals surface area contributed by atoms with E-state index in [9.17, 15) is 4.79 Å². The summed E-state index contributed by atoms with van der Waals surface area (Å²) in [6.45, 7) is 5.38. The summed E-state index contributed by atoms with van der Waals surface area (Å²) >= 11 is -2.17. The molecule has 0 radical (unpaired) electrons. The van der Waals surface area contributed by atoms with Gasteiger partial charge in [0.1, 0.15) is 0 Å². The summed E-state index contributed by atoms with van der Waals surface area (Å²) in [5.74, 6) is 6.17. The van der Waals surface area contributed by atoms with Gasteiger partial charge < -0.3 is 0 Å². The van der Waals surface area contributed by atoms with E-state index in [1.165, 1.54) is 0 Å². The van der Waals surface area contributed by atoms with Crippen molar-refractivity contribution in [3.8, 4) is 0 Å². The van der Waals surface area contributed by atoms with E-state index in [1.807, 2.05) is 13.8 Å². The van der Waals surface area contributed by atoms with Crippen molar-refractivity contribution in [2.24, 2.45) is 0 Å². The zero-order valence-electron chi connectivity index (χ0n) is 8.68. The first-order valence-electron chi connectivity index (χ1n) is 4.38. The van der Waals surface area contributed by atoms with Crippen LogP contribution in [-0.4, -0.2) is 37.7 Å². The molecule has 4 heteroatoms. The molecule has 0 aliphatic heterocycles. The van der Waals surface area contributed by atoms with Crippen LogP contribution >= 0.6 is 0 Å². The fraction of sp³-hybridized carbons (Fsp3) is 0.875. The summed E-state index contributed by atoms with van der Waals surface area (Å²) in [4.78, 5) is 13.1. The minimum absolute atomic E-state index is 0.146. The molecular formula is C8H19GeNO2. The van der Waals surface area contributed by atoms with E-state index in [0.717, 1.165) is 13.1 Å². The second kappa shape index (κ2) is 4.75.